The molecule has 0 aliphatic carbocycles. The van der Waals surface area contributed by atoms with Gasteiger partial charge in [0.2, 0.25) is 5.78 Å². The van der Waals surface area contributed by atoms with Crippen molar-refractivity contribution in [3.05, 3.63) is 95.5 Å². The first-order valence-corrected chi connectivity index (χ1v) is 8.95. The third-order valence-corrected chi connectivity index (χ3v) is 4.85. The van der Waals surface area contributed by atoms with Crippen molar-refractivity contribution >= 4 is 23.2 Å². The molecule has 1 heterocycles. The van der Waals surface area contributed by atoms with Gasteiger partial charge in [-0.25, -0.2) is 4.98 Å². The number of allylic oxidation sites excluding steroid dienone is 1. The van der Waals surface area contributed by atoms with E-state index in [1.54, 1.807) is 35.0 Å². The van der Waals surface area contributed by atoms with E-state index in [1.165, 1.54) is 5.56 Å². The van der Waals surface area contributed by atoms with E-state index in [0.717, 1.165) is 10.8 Å². The molecule has 0 fully saturated rings. The molecule has 25 heavy (non-hydrogen) atoms. The first kappa shape index (κ1) is 17.0. The van der Waals surface area contributed by atoms with E-state index in [1.807, 2.05) is 55.6 Å². The van der Waals surface area contributed by atoms with Gasteiger partial charge >= 0.3 is 0 Å². The molecule has 0 radical (unpaired) electrons. The molecule has 0 atom stereocenters. The van der Waals surface area contributed by atoms with Gasteiger partial charge in [-0.1, -0.05) is 60.7 Å². The second-order valence-electron chi connectivity index (χ2n) is 5.37. The Balaban J connectivity index is 1.96. The predicted molar refractivity (Wildman–Crippen MR) is 103 cm³/mol. The Morgan fingerprint density at radius 3 is 2.36 bits per heavy atom. The minimum atomic E-state index is -0.0384. The third-order valence-electron chi connectivity index (χ3n) is 3.68. The average molecular weight is 349 g/mol. The number of aromatic nitrogens is 2. The second kappa shape index (κ2) is 8.35. The van der Waals surface area contributed by atoms with Gasteiger partial charge in [0.05, 0.1) is 11.4 Å². The van der Waals surface area contributed by atoms with Crippen molar-refractivity contribution in [2.45, 2.75) is 5.75 Å². The summed E-state index contributed by atoms with van der Waals surface area (Å²) in [5.41, 5.74) is 2.43. The Morgan fingerprint density at radius 1 is 1.08 bits per heavy atom. The maximum atomic E-state index is 13.1. The molecule has 4 nitrogen and oxygen atoms in total. The Labute approximate surface area is 151 Å². The Kier molecular flexibility index (Phi) is 5.69. The monoisotopic (exact) mass is 349 g/mol. The van der Waals surface area contributed by atoms with Crippen LogP contribution in [0.4, 0.5) is 0 Å². The van der Waals surface area contributed by atoms with Crippen LogP contribution in [0.3, 0.4) is 0 Å². The number of thioether (sulfide) groups is 1. The summed E-state index contributed by atoms with van der Waals surface area (Å²) in [6, 6.07) is 19.5. The topological polar surface area (TPSA) is 46.9 Å². The number of rotatable bonds is 7. The molecule has 3 rings (SSSR count). The summed E-state index contributed by atoms with van der Waals surface area (Å²) in [5, 5.41) is 4.00. The lowest BCUT2D eigenvalue weighted by Gasteiger charge is -2.15. The fourth-order valence-corrected chi connectivity index (χ4v) is 3.43. The number of benzene rings is 2. The highest BCUT2D eigenvalue weighted by atomic mass is 32.2. The molecule has 0 bridgehead atoms. The fraction of sp³-hybridized carbons (Fsp3) is 0.100. The molecule has 126 valence electrons. The molecule has 1 aromatic heterocycles. The zero-order chi connectivity index (χ0) is 17.5. The first-order chi connectivity index (χ1) is 12.3. The van der Waals surface area contributed by atoms with Crippen LogP contribution in [-0.2, 0) is 5.75 Å². The maximum absolute atomic E-state index is 13.1. The molecular formula is C20H19N3OS. The highest BCUT2D eigenvalue weighted by Crippen LogP contribution is 2.26. The molecule has 1 N–H and O–H groups in total. The summed E-state index contributed by atoms with van der Waals surface area (Å²) in [5.74, 6) is 0.737. The fourth-order valence-electron chi connectivity index (χ4n) is 2.44. The van der Waals surface area contributed by atoms with Crippen LogP contribution in [-0.4, -0.2) is 22.4 Å². The van der Waals surface area contributed by atoms with Gasteiger partial charge in [0, 0.05) is 30.8 Å². The number of carbonyl (C=O) groups is 1. The van der Waals surface area contributed by atoms with Crippen molar-refractivity contribution in [2.24, 2.45) is 0 Å². The normalized spacial score (nSPS) is 11.7. The number of nitrogens with zero attached hydrogens (tertiary/aromatic N) is 2. The summed E-state index contributed by atoms with van der Waals surface area (Å²) in [4.78, 5) is 17.2. The van der Waals surface area contributed by atoms with Gasteiger partial charge in [-0.15, -0.1) is 11.8 Å². The number of ketones is 1. The minimum Gasteiger partial charge on any atom is -0.381 e. The van der Waals surface area contributed by atoms with E-state index >= 15 is 0 Å². The summed E-state index contributed by atoms with van der Waals surface area (Å²) < 4.78 is 1.76. The van der Waals surface area contributed by atoms with Crippen LogP contribution in [0.1, 0.15) is 15.9 Å². The molecule has 0 amide bonds. The smallest absolute Gasteiger partial charge is 0.212 e. The van der Waals surface area contributed by atoms with Gasteiger partial charge < -0.3 is 9.88 Å². The largest absolute Gasteiger partial charge is 0.381 e. The van der Waals surface area contributed by atoms with Gasteiger partial charge in [-0.2, -0.15) is 0 Å². The third kappa shape index (κ3) is 4.19. The summed E-state index contributed by atoms with van der Waals surface area (Å²) >= 11 is 1.60. The van der Waals surface area contributed by atoms with Gasteiger partial charge in [-0.05, 0) is 5.56 Å². The molecule has 0 aliphatic heterocycles. The van der Waals surface area contributed by atoms with Gasteiger partial charge in [0.1, 0.15) is 5.70 Å². The highest BCUT2D eigenvalue weighted by Gasteiger charge is 2.19. The molecule has 0 saturated heterocycles. The molecule has 2 aromatic carbocycles. The van der Waals surface area contributed by atoms with Crippen LogP contribution in [0.5, 0.6) is 0 Å². The molecule has 0 aliphatic rings. The Hall–Kier alpha value is -2.79. The zero-order valence-electron chi connectivity index (χ0n) is 13.9. The van der Waals surface area contributed by atoms with Gasteiger partial charge in [0.15, 0.2) is 0 Å². The van der Waals surface area contributed by atoms with Crippen LogP contribution in [0, 0.1) is 0 Å². The second-order valence-corrected chi connectivity index (χ2v) is 6.35. The number of Topliss-reactive ketones (excluding diaryl/α,β-unsaturated/α-hetero) is 1. The van der Waals surface area contributed by atoms with Crippen LogP contribution in [0.25, 0.3) is 5.70 Å². The molecule has 0 spiro atoms. The standard InChI is InChI=1S/C20H19N3OS/c1-21-20(25-14-16-8-4-2-5-9-16)18(23-13-12-22-15-23)19(24)17-10-6-3-7-11-17/h2-13,15,21H,14H2,1H3/b20-18-. The zero-order valence-corrected chi connectivity index (χ0v) is 14.7. The Morgan fingerprint density at radius 2 is 1.76 bits per heavy atom. The van der Waals surface area contributed by atoms with E-state index in [2.05, 4.69) is 22.4 Å². The highest BCUT2D eigenvalue weighted by molar-refractivity contribution is 8.02. The summed E-state index contributed by atoms with van der Waals surface area (Å²) in [6.45, 7) is 0. The number of nitrogens with one attached hydrogen (secondary N) is 1. The number of imidazole rings is 1. The number of hydrogen-bond donors (Lipinski definition) is 1. The lowest BCUT2D eigenvalue weighted by atomic mass is 10.1. The molecule has 0 unspecified atom stereocenters. The maximum Gasteiger partial charge on any atom is 0.212 e. The molecule has 5 heteroatoms. The van der Waals surface area contributed by atoms with Crippen molar-refractivity contribution in [3.63, 3.8) is 0 Å². The van der Waals surface area contributed by atoms with Crippen molar-refractivity contribution in [3.8, 4) is 0 Å². The summed E-state index contributed by atoms with van der Waals surface area (Å²) in [6.07, 6.45) is 5.11. The van der Waals surface area contributed by atoms with E-state index < -0.39 is 0 Å². The van der Waals surface area contributed by atoms with Crippen LogP contribution in [0.15, 0.2) is 84.4 Å². The van der Waals surface area contributed by atoms with Crippen LogP contribution < -0.4 is 5.32 Å². The van der Waals surface area contributed by atoms with Crippen LogP contribution >= 0.6 is 11.8 Å². The number of carbonyl (C=O) groups excluding carboxylic acids is 1. The van der Waals surface area contributed by atoms with Crippen molar-refractivity contribution in [2.75, 3.05) is 7.05 Å². The van der Waals surface area contributed by atoms with Crippen molar-refractivity contribution in [1.29, 1.82) is 0 Å². The van der Waals surface area contributed by atoms with Crippen molar-refractivity contribution in [1.82, 2.24) is 14.9 Å². The van der Waals surface area contributed by atoms with Gasteiger partial charge in [-0.3, -0.25) is 4.79 Å². The van der Waals surface area contributed by atoms with E-state index in [9.17, 15) is 4.79 Å². The predicted octanol–water partition coefficient (Wildman–Crippen LogP) is 4.04. The SMILES string of the molecule is CN/C(SCc1ccccc1)=C(\C(=O)c1ccccc1)n1ccnc1. The quantitative estimate of drug-likeness (QED) is 0.516. The van der Waals surface area contributed by atoms with E-state index in [0.29, 0.717) is 11.3 Å². The van der Waals surface area contributed by atoms with Crippen molar-refractivity contribution < 1.29 is 4.79 Å². The number of hydrogen-bond acceptors (Lipinski definition) is 4. The Bertz CT molecular complexity index is 843. The first-order valence-electron chi connectivity index (χ1n) is 7.96. The molecule has 0 saturated carbocycles. The van der Waals surface area contributed by atoms with E-state index in [4.69, 9.17) is 0 Å². The molecule has 3 aromatic rings. The van der Waals surface area contributed by atoms with Gasteiger partial charge in [0.25, 0.3) is 0 Å². The van der Waals surface area contributed by atoms with Crippen LogP contribution in [0.2, 0.25) is 0 Å². The minimum absolute atomic E-state index is 0.0384. The lowest BCUT2D eigenvalue weighted by molar-refractivity contribution is 0.105. The average Bonchev–Trinajstić information content (AvgIpc) is 3.20. The summed E-state index contributed by atoms with van der Waals surface area (Å²) in [7, 11) is 1.84. The van der Waals surface area contributed by atoms with E-state index in [-0.39, 0.29) is 5.78 Å². The molecular weight excluding hydrogens is 330 g/mol. The lowest BCUT2D eigenvalue weighted by Crippen LogP contribution is -2.16.